The Balaban J connectivity index is 1.91. The van der Waals surface area contributed by atoms with E-state index in [1.54, 1.807) is 0 Å². The Morgan fingerprint density at radius 1 is 1.33 bits per heavy atom. The summed E-state index contributed by atoms with van der Waals surface area (Å²) in [6.45, 7) is 4.48. The fourth-order valence-corrected chi connectivity index (χ4v) is 2.37. The first-order valence-electron chi connectivity index (χ1n) is 6.24. The van der Waals surface area contributed by atoms with E-state index in [-0.39, 0.29) is 17.6 Å². The summed E-state index contributed by atoms with van der Waals surface area (Å²) in [4.78, 5) is 22.8. The number of carboxylic acids is 1. The van der Waals surface area contributed by atoms with Crippen LogP contribution < -0.4 is 5.32 Å². The minimum Gasteiger partial charge on any atom is -0.479 e. The van der Waals surface area contributed by atoms with Gasteiger partial charge in [-0.25, -0.2) is 4.79 Å². The summed E-state index contributed by atoms with van der Waals surface area (Å²) in [6, 6.07) is 0. The number of amides is 1. The lowest BCUT2D eigenvalue weighted by molar-refractivity contribution is -0.152. The van der Waals surface area contributed by atoms with Crippen LogP contribution in [0.2, 0.25) is 0 Å². The van der Waals surface area contributed by atoms with Gasteiger partial charge in [0.05, 0.1) is 11.6 Å². The second-order valence-corrected chi connectivity index (χ2v) is 5.20. The molecule has 102 valence electrons. The normalized spacial score (nSPS) is 39.8. The first-order chi connectivity index (χ1) is 8.42. The molecule has 0 radical (unpaired) electrons. The van der Waals surface area contributed by atoms with Gasteiger partial charge in [-0.2, -0.15) is 0 Å². The smallest absolute Gasteiger partial charge is 0.332 e. The summed E-state index contributed by atoms with van der Waals surface area (Å²) < 4.78 is 10.7. The Bertz CT molecular complexity index is 358. The van der Waals surface area contributed by atoms with E-state index in [0.717, 1.165) is 6.42 Å². The van der Waals surface area contributed by atoms with Gasteiger partial charge < -0.3 is 19.9 Å². The third kappa shape index (κ3) is 2.49. The van der Waals surface area contributed by atoms with Crippen molar-refractivity contribution in [1.29, 1.82) is 0 Å². The summed E-state index contributed by atoms with van der Waals surface area (Å²) in [5.74, 6) is -1.24. The lowest BCUT2D eigenvalue weighted by atomic mass is 9.94. The Labute approximate surface area is 106 Å². The van der Waals surface area contributed by atoms with Crippen molar-refractivity contribution < 1.29 is 24.2 Å². The van der Waals surface area contributed by atoms with Gasteiger partial charge in [-0.1, -0.05) is 0 Å². The lowest BCUT2D eigenvalue weighted by Crippen LogP contribution is -2.53. The molecule has 2 fully saturated rings. The molecule has 2 aliphatic heterocycles. The zero-order chi connectivity index (χ0) is 13.3. The van der Waals surface area contributed by atoms with Crippen molar-refractivity contribution in [3.05, 3.63) is 0 Å². The minimum atomic E-state index is -1.01. The van der Waals surface area contributed by atoms with E-state index in [1.807, 2.05) is 13.8 Å². The zero-order valence-electron chi connectivity index (χ0n) is 10.6. The van der Waals surface area contributed by atoms with Crippen LogP contribution in [0.25, 0.3) is 0 Å². The fraction of sp³-hybridized carbons (Fsp3) is 0.833. The second kappa shape index (κ2) is 4.85. The predicted molar refractivity (Wildman–Crippen MR) is 62.1 cm³/mol. The van der Waals surface area contributed by atoms with E-state index in [1.165, 1.54) is 0 Å². The average molecular weight is 257 g/mol. The van der Waals surface area contributed by atoms with Crippen LogP contribution in [0.5, 0.6) is 0 Å². The molecule has 0 spiro atoms. The van der Waals surface area contributed by atoms with Gasteiger partial charge in [-0.3, -0.25) is 4.79 Å². The molecular formula is C12H19NO5. The van der Waals surface area contributed by atoms with Crippen LogP contribution in [0.15, 0.2) is 0 Å². The summed E-state index contributed by atoms with van der Waals surface area (Å²) in [7, 11) is 0. The average Bonchev–Trinajstić information content (AvgIpc) is 2.87. The van der Waals surface area contributed by atoms with Gasteiger partial charge in [0.2, 0.25) is 5.91 Å². The van der Waals surface area contributed by atoms with E-state index >= 15 is 0 Å². The topological polar surface area (TPSA) is 84.9 Å². The van der Waals surface area contributed by atoms with Crippen LogP contribution in [0.1, 0.15) is 33.1 Å². The number of carbonyl (C=O) groups excluding carboxylic acids is 1. The maximum atomic E-state index is 12.0. The minimum absolute atomic E-state index is 0.0434. The van der Waals surface area contributed by atoms with Crippen LogP contribution in [0.4, 0.5) is 0 Å². The number of nitrogens with one attached hydrogen (secondary N) is 1. The summed E-state index contributed by atoms with van der Waals surface area (Å²) in [5, 5.41) is 11.7. The molecule has 2 unspecified atom stereocenters. The van der Waals surface area contributed by atoms with Crippen LogP contribution in [-0.2, 0) is 19.1 Å². The number of carbonyl (C=O) groups is 2. The summed E-state index contributed by atoms with van der Waals surface area (Å²) in [6.07, 6.45) is 0.0406. The van der Waals surface area contributed by atoms with Gasteiger partial charge in [0.25, 0.3) is 0 Å². The van der Waals surface area contributed by atoms with Gasteiger partial charge in [-0.15, -0.1) is 0 Å². The molecule has 2 aliphatic rings. The van der Waals surface area contributed by atoms with Crippen molar-refractivity contribution in [2.24, 2.45) is 0 Å². The largest absolute Gasteiger partial charge is 0.479 e. The molecule has 0 bridgehead atoms. The Morgan fingerprint density at radius 3 is 2.50 bits per heavy atom. The molecule has 0 aromatic carbocycles. The molecule has 4 atom stereocenters. The van der Waals surface area contributed by atoms with Crippen LogP contribution in [-0.4, -0.2) is 47.4 Å². The highest BCUT2D eigenvalue weighted by Gasteiger charge is 2.42. The van der Waals surface area contributed by atoms with Gasteiger partial charge in [0.15, 0.2) is 6.10 Å². The number of hydrogen-bond acceptors (Lipinski definition) is 4. The van der Waals surface area contributed by atoms with Crippen molar-refractivity contribution in [3.8, 4) is 0 Å². The van der Waals surface area contributed by atoms with Crippen LogP contribution >= 0.6 is 0 Å². The number of ether oxygens (including phenoxy) is 2. The monoisotopic (exact) mass is 257 g/mol. The quantitative estimate of drug-likeness (QED) is 0.759. The Kier molecular flexibility index (Phi) is 3.59. The highest BCUT2D eigenvalue weighted by Crippen LogP contribution is 2.27. The molecule has 0 aromatic rings. The molecule has 1 amide bonds. The molecule has 18 heavy (non-hydrogen) atoms. The molecule has 0 aliphatic carbocycles. The Hall–Kier alpha value is -1.14. The molecule has 0 saturated carbocycles. The second-order valence-electron chi connectivity index (χ2n) is 5.20. The lowest BCUT2D eigenvalue weighted by Gasteiger charge is -2.30. The maximum absolute atomic E-state index is 12.0. The number of aliphatic carboxylic acids is 1. The van der Waals surface area contributed by atoms with Gasteiger partial charge >= 0.3 is 5.97 Å². The number of hydrogen-bond donors (Lipinski definition) is 2. The SMILES string of the molecule is CC1OCCC1(C)NC(=O)[C@@H]1CC[C@H](C(=O)O)O1. The van der Waals surface area contributed by atoms with Crippen molar-refractivity contribution in [2.75, 3.05) is 6.61 Å². The molecule has 0 aromatic heterocycles. The Morgan fingerprint density at radius 2 is 2.00 bits per heavy atom. The number of carboxylic acid groups (broad SMARTS) is 1. The zero-order valence-corrected chi connectivity index (χ0v) is 10.6. The summed E-state index contributed by atoms with van der Waals surface area (Å²) in [5.41, 5.74) is -0.387. The third-order valence-electron chi connectivity index (χ3n) is 3.88. The molecule has 2 saturated heterocycles. The van der Waals surface area contributed by atoms with Crippen LogP contribution in [0.3, 0.4) is 0 Å². The van der Waals surface area contributed by atoms with Gasteiger partial charge in [0, 0.05) is 6.61 Å². The van der Waals surface area contributed by atoms with Crippen molar-refractivity contribution in [2.45, 2.75) is 57.0 Å². The maximum Gasteiger partial charge on any atom is 0.332 e. The molecule has 2 N–H and O–H groups in total. The van der Waals surface area contributed by atoms with Gasteiger partial charge in [0.1, 0.15) is 6.10 Å². The molecular weight excluding hydrogens is 238 g/mol. The van der Waals surface area contributed by atoms with E-state index in [9.17, 15) is 9.59 Å². The highest BCUT2D eigenvalue weighted by molar-refractivity contribution is 5.83. The molecule has 2 heterocycles. The third-order valence-corrected chi connectivity index (χ3v) is 3.88. The predicted octanol–water partition coefficient (Wildman–Crippen LogP) is 0.302. The molecule has 2 rings (SSSR count). The van der Waals surface area contributed by atoms with Crippen molar-refractivity contribution in [1.82, 2.24) is 5.32 Å². The van der Waals surface area contributed by atoms with E-state index in [4.69, 9.17) is 14.6 Å². The van der Waals surface area contributed by atoms with Crippen molar-refractivity contribution >= 4 is 11.9 Å². The fourth-order valence-electron chi connectivity index (χ4n) is 2.37. The van der Waals surface area contributed by atoms with E-state index in [0.29, 0.717) is 19.4 Å². The molecule has 6 nitrogen and oxygen atoms in total. The van der Waals surface area contributed by atoms with E-state index in [2.05, 4.69) is 5.32 Å². The highest BCUT2D eigenvalue weighted by atomic mass is 16.5. The standard InChI is InChI=1S/C12H19NO5/c1-7-12(2,5-6-17-7)13-10(14)8-3-4-9(18-8)11(15)16/h7-9H,3-6H2,1-2H3,(H,13,14)(H,15,16)/t7?,8-,9+,12?/m0/s1. The first-order valence-corrected chi connectivity index (χ1v) is 6.24. The summed E-state index contributed by atoms with van der Waals surface area (Å²) >= 11 is 0. The first kappa shape index (κ1) is 13.3. The number of rotatable bonds is 3. The van der Waals surface area contributed by atoms with Crippen molar-refractivity contribution in [3.63, 3.8) is 0 Å². The van der Waals surface area contributed by atoms with Crippen LogP contribution in [0, 0.1) is 0 Å². The molecule has 6 heteroatoms. The van der Waals surface area contributed by atoms with Gasteiger partial charge in [-0.05, 0) is 33.1 Å². The van der Waals surface area contributed by atoms with E-state index < -0.39 is 18.2 Å².